The van der Waals surface area contributed by atoms with Gasteiger partial charge in [-0.2, -0.15) is 0 Å². The molecular formula is C16H17ClN2O3S. The van der Waals surface area contributed by atoms with Gasteiger partial charge in [-0.25, -0.2) is 8.42 Å². The Kier molecular flexibility index (Phi) is 4.97. The summed E-state index contributed by atoms with van der Waals surface area (Å²) < 4.78 is 27.7. The first-order chi connectivity index (χ1) is 10.7. The minimum absolute atomic E-state index is 0.171. The molecular weight excluding hydrogens is 336 g/mol. The number of halogens is 1. The highest BCUT2D eigenvalue weighted by molar-refractivity contribution is 7.92. The zero-order valence-electron chi connectivity index (χ0n) is 13.0. The monoisotopic (exact) mass is 352 g/mol. The van der Waals surface area contributed by atoms with Crippen molar-refractivity contribution in [2.45, 2.75) is 25.7 Å². The molecule has 7 heteroatoms. The van der Waals surface area contributed by atoms with Gasteiger partial charge < -0.3 is 5.32 Å². The van der Waals surface area contributed by atoms with Crippen LogP contribution in [0.4, 0.5) is 11.4 Å². The van der Waals surface area contributed by atoms with Crippen LogP contribution in [0.3, 0.4) is 0 Å². The molecule has 0 saturated heterocycles. The molecule has 0 spiro atoms. The predicted molar refractivity (Wildman–Crippen MR) is 92.5 cm³/mol. The highest BCUT2D eigenvalue weighted by Crippen LogP contribution is 2.26. The SMILES string of the molecule is CC(=O)Nc1cccc(NS(=O)(=O)c2cc(C)c(Cl)cc2C)c1. The standard InChI is InChI=1S/C16H17ClN2O3S/c1-10-8-16(11(2)7-15(10)17)23(21,22)19-14-6-4-5-13(9-14)18-12(3)20/h4-9,19H,1-3H3,(H,18,20). The molecule has 0 aromatic heterocycles. The lowest BCUT2D eigenvalue weighted by molar-refractivity contribution is -0.114. The van der Waals surface area contributed by atoms with E-state index in [9.17, 15) is 13.2 Å². The molecule has 0 atom stereocenters. The van der Waals surface area contributed by atoms with Crippen LogP contribution < -0.4 is 10.0 Å². The van der Waals surface area contributed by atoms with E-state index in [1.165, 1.54) is 13.0 Å². The normalized spacial score (nSPS) is 11.1. The van der Waals surface area contributed by atoms with Gasteiger partial charge >= 0.3 is 0 Å². The molecule has 23 heavy (non-hydrogen) atoms. The van der Waals surface area contributed by atoms with Crippen LogP contribution >= 0.6 is 11.6 Å². The Labute approximate surface area is 140 Å². The first kappa shape index (κ1) is 17.3. The molecule has 2 aromatic rings. The Morgan fingerprint density at radius 3 is 2.35 bits per heavy atom. The third kappa shape index (κ3) is 4.24. The molecule has 0 fully saturated rings. The number of hydrogen-bond acceptors (Lipinski definition) is 3. The van der Waals surface area contributed by atoms with Gasteiger partial charge in [0.05, 0.1) is 10.6 Å². The molecule has 0 aliphatic heterocycles. The zero-order chi connectivity index (χ0) is 17.2. The molecule has 2 N–H and O–H groups in total. The van der Waals surface area contributed by atoms with Crippen LogP contribution in [0.2, 0.25) is 5.02 Å². The second-order valence-electron chi connectivity index (χ2n) is 5.23. The fraction of sp³-hybridized carbons (Fsp3) is 0.188. The van der Waals surface area contributed by atoms with E-state index in [-0.39, 0.29) is 10.8 Å². The lowest BCUT2D eigenvalue weighted by Crippen LogP contribution is -2.15. The van der Waals surface area contributed by atoms with Crippen LogP contribution in [-0.4, -0.2) is 14.3 Å². The molecule has 1 amide bonds. The summed E-state index contributed by atoms with van der Waals surface area (Å²) in [5.74, 6) is -0.228. The van der Waals surface area contributed by atoms with Crippen molar-refractivity contribution in [3.63, 3.8) is 0 Å². The van der Waals surface area contributed by atoms with Crippen molar-refractivity contribution >= 4 is 38.9 Å². The van der Waals surface area contributed by atoms with Crippen molar-refractivity contribution in [3.05, 3.63) is 52.5 Å². The number of anilines is 2. The largest absolute Gasteiger partial charge is 0.326 e. The Hall–Kier alpha value is -2.05. The highest BCUT2D eigenvalue weighted by Gasteiger charge is 2.18. The van der Waals surface area contributed by atoms with Crippen molar-refractivity contribution in [2.24, 2.45) is 0 Å². The Balaban J connectivity index is 2.35. The van der Waals surface area contributed by atoms with Gasteiger partial charge in [0.1, 0.15) is 0 Å². The summed E-state index contributed by atoms with van der Waals surface area (Å²) in [7, 11) is -3.75. The quantitative estimate of drug-likeness (QED) is 0.880. The van der Waals surface area contributed by atoms with E-state index in [2.05, 4.69) is 10.0 Å². The molecule has 0 bridgehead atoms. The lowest BCUT2D eigenvalue weighted by atomic mass is 10.2. The van der Waals surface area contributed by atoms with E-state index in [4.69, 9.17) is 11.6 Å². The van der Waals surface area contributed by atoms with E-state index in [1.54, 1.807) is 44.2 Å². The van der Waals surface area contributed by atoms with Gasteiger partial charge in [-0.15, -0.1) is 0 Å². The predicted octanol–water partition coefficient (Wildman–Crippen LogP) is 3.72. The summed E-state index contributed by atoms with van der Waals surface area (Å²) in [5.41, 5.74) is 2.13. The van der Waals surface area contributed by atoms with Gasteiger partial charge in [-0.3, -0.25) is 9.52 Å². The number of amides is 1. The van der Waals surface area contributed by atoms with E-state index in [0.717, 1.165) is 0 Å². The maximum atomic E-state index is 12.6. The average molecular weight is 353 g/mol. The first-order valence-corrected chi connectivity index (χ1v) is 8.72. The van der Waals surface area contributed by atoms with Gasteiger partial charge in [-0.1, -0.05) is 17.7 Å². The summed E-state index contributed by atoms with van der Waals surface area (Å²) in [5, 5.41) is 3.13. The third-order valence-electron chi connectivity index (χ3n) is 3.18. The lowest BCUT2D eigenvalue weighted by Gasteiger charge is -2.13. The molecule has 0 saturated carbocycles. The van der Waals surface area contributed by atoms with E-state index < -0.39 is 10.0 Å². The molecule has 122 valence electrons. The average Bonchev–Trinajstić information content (AvgIpc) is 2.41. The van der Waals surface area contributed by atoms with Crippen molar-refractivity contribution in [3.8, 4) is 0 Å². The van der Waals surface area contributed by atoms with Crippen LogP contribution in [0.5, 0.6) is 0 Å². The number of nitrogens with one attached hydrogen (secondary N) is 2. The number of aryl methyl sites for hydroxylation is 2. The zero-order valence-corrected chi connectivity index (χ0v) is 14.5. The summed E-state index contributed by atoms with van der Waals surface area (Å²) in [6, 6.07) is 9.66. The van der Waals surface area contributed by atoms with Gasteiger partial charge in [0.2, 0.25) is 5.91 Å². The van der Waals surface area contributed by atoms with Crippen LogP contribution in [-0.2, 0) is 14.8 Å². The summed E-state index contributed by atoms with van der Waals surface area (Å²) in [6.45, 7) is 4.82. The Morgan fingerprint density at radius 1 is 1.04 bits per heavy atom. The molecule has 0 heterocycles. The fourth-order valence-electron chi connectivity index (χ4n) is 2.12. The molecule has 0 unspecified atom stereocenters. The summed E-state index contributed by atoms with van der Waals surface area (Å²) in [4.78, 5) is 11.3. The second-order valence-corrected chi connectivity index (χ2v) is 7.29. The molecule has 0 aliphatic rings. The number of carbonyl (C=O) groups is 1. The number of hydrogen-bond donors (Lipinski definition) is 2. The van der Waals surface area contributed by atoms with Crippen LogP contribution in [0.1, 0.15) is 18.1 Å². The molecule has 2 rings (SSSR count). The van der Waals surface area contributed by atoms with Crippen molar-refractivity contribution in [1.29, 1.82) is 0 Å². The van der Waals surface area contributed by atoms with E-state index in [0.29, 0.717) is 27.5 Å². The highest BCUT2D eigenvalue weighted by atomic mass is 35.5. The molecule has 5 nitrogen and oxygen atoms in total. The van der Waals surface area contributed by atoms with Crippen molar-refractivity contribution in [2.75, 3.05) is 10.0 Å². The van der Waals surface area contributed by atoms with Crippen molar-refractivity contribution in [1.82, 2.24) is 0 Å². The smallest absolute Gasteiger partial charge is 0.262 e. The minimum atomic E-state index is -3.75. The Morgan fingerprint density at radius 2 is 1.70 bits per heavy atom. The fourth-order valence-corrected chi connectivity index (χ4v) is 3.70. The van der Waals surface area contributed by atoms with Gasteiger partial charge in [0, 0.05) is 17.6 Å². The topological polar surface area (TPSA) is 75.3 Å². The Bertz CT molecular complexity index is 864. The number of carbonyl (C=O) groups excluding carboxylic acids is 1. The van der Waals surface area contributed by atoms with E-state index in [1.807, 2.05) is 0 Å². The number of sulfonamides is 1. The molecule has 2 aromatic carbocycles. The number of benzene rings is 2. The van der Waals surface area contributed by atoms with Crippen LogP contribution in [0.15, 0.2) is 41.3 Å². The minimum Gasteiger partial charge on any atom is -0.326 e. The second kappa shape index (κ2) is 6.60. The molecule has 0 aliphatic carbocycles. The van der Waals surface area contributed by atoms with Gasteiger partial charge in [-0.05, 0) is 55.3 Å². The van der Waals surface area contributed by atoms with E-state index >= 15 is 0 Å². The summed E-state index contributed by atoms with van der Waals surface area (Å²) >= 11 is 6.01. The van der Waals surface area contributed by atoms with Crippen LogP contribution in [0.25, 0.3) is 0 Å². The third-order valence-corrected chi connectivity index (χ3v) is 5.11. The van der Waals surface area contributed by atoms with Gasteiger partial charge in [0.15, 0.2) is 0 Å². The van der Waals surface area contributed by atoms with Crippen LogP contribution in [0, 0.1) is 13.8 Å². The molecule has 0 radical (unpaired) electrons. The summed E-state index contributed by atoms with van der Waals surface area (Å²) in [6.07, 6.45) is 0. The maximum Gasteiger partial charge on any atom is 0.262 e. The first-order valence-electron chi connectivity index (χ1n) is 6.86. The van der Waals surface area contributed by atoms with Crippen molar-refractivity contribution < 1.29 is 13.2 Å². The number of rotatable bonds is 4. The van der Waals surface area contributed by atoms with Gasteiger partial charge in [0.25, 0.3) is 10.0 Å². The maximum absolute atomic E-state index is 12.6.